The number of ether oxygens (including phenoxy) is 2. The van der Waals surface area contributed by atoms with Gasteiger partial charge in [-0.3, -0.25) is 0 Å². The van der Waals surface area contributed by atoms with Crippen molar-refractivity contribution in [3.63, 3.8) is 0 Å². The monoisotopic (exact) mass is 310 g/mol. The van der Waals surface area contributed by atoms with Gasteiger partial charge in [-0.05, 0) is 41.8 Å². The largest absolute Gasteiger partial charge is 0.573 e. The summed E-state index contributed by atoms with van der Waals surface area (Å²) >= 11 is 0. The third kappa shape index (κ3) is 4.51. The van der Waals surface area contributed by atoms with Gasteiger partial charge in [0.2, 0.25) is 0 Å². The summed E-state index contributed by atoms with van der Waals surface area (Å²) in [6, 6.07) is 12.5. The van der Waals surface area contributed by atoms with Crippen LogP contribution in [0.3, 0.4) is 0 Å². The highest BCUT2D eigenvalue weighted by molar-refractivity contribution is 5.89. The standard InChI is InChI=1S/C16H13F3O3/c1-21-15(20)13-6-2-11(3-7-13)10-12-4-8-14(9-5-12)22-16(17,18)19/h2-9H,10H2,1H3. The van der Waals surface area contributed by atoms with Crippen LogP contribution < -0.4 is 4.74 Å². The van der Waals surface area contributed by atoms with Crippen LogP contribution in [0.15, 0.2) is 48.5 Å². The fourth-order valence-electron chi connectivity index (χ4n) is 1.92. The van der Waals surface area contributed by atoms with E-state index in [0.717, 1.165) is 11.1 Å². The molecule has 0 aliphatic carbocycles. The van der Waals surface area contributed by atoms with Crippen molar-refractivity contribution in [3.8, 4) is 5.75 Å². The SMILES string of the molecule is COC(=O)c1ccc(Cc2ccc(OC(F)(F)F)cc2)cc1. The predicted octanol–water partition coefficient (Wildman–Crippen LogP) is 3.96. The average Bonchev–Trinajstić information content (AvgIpc) is 2.48. The van der Waals surface area contributed by atoms with Gasteiger partial charge in [0.25, 0.3) is 0 Å². The minimum Gasteiger partial charge on any atom is -0.465 e. The summed E-state index contributed by atoms with van der Waals surface area (Å²) in [5.41, 5.74) is 2.21. The Morgan fingerprint density at radius 3 is 1.91 bits per heavy atom. The van der Waals surface area contributed by atoms with Crippen LogP contribution in [0.2, 0.25) is 0 Å². The molecular weight excluding hydrogens is 297 g/mol. The molecule has 0 N–H and O–H groups in total. The molecule has 2 aromatic carbocycles. The van der Waals surface area contributed by atoms with E-state index in [4.69, 9.17) is 0 Å². The summed E-state index contributed by atoms with van der Waals surface area (Å²) in [5.74, 6) is -0.669. The van der Waals surface area contributed by atoms with Gasteiger partial charge in [-0.15, -0.1) is 13.2 Å². The molecule has 2 aromatic rings. The average molecular weight is 310 g/mol. The number of halogens is 3. The Hall–Kier alpha value is -2.50. The fourth-order valence-corrected chi connectivity index (χ4v) is 1.92. The van der Waals surface area contributed by atoms with E-state index < -0.39 is 12.3 Å². The molecule has 22 heavy (non-hydrogen) atoms. The van der Waals surface area contributed by atoms with E-state index in [-0.39, 0.29) is 5.75 Å². The van der Waals surface area contributed by atoms with Crippen molar-refractivity contribution in [2.75, 3.05) is 7.11 Å². The van der Waals surface area contributed by atoms with Gasteiger partial charge in [0, 0.05) is 0 Å². The molecule has 0 aromatic heterocycles. The Labute approximate surface area is 125 Å². The first-order valence-corrected chi connectivity index (χ1v) is 6.39. The molecule has 0 bridgehead atoms. The molecule has 0 fully saturated rings. The lowest BCUT2D eigenvalue weighted by atomic mass is 10.0. The van der Waals surface area contributed by atoms with E-state index in [1.165, 1.54) is 19.2 Å². The van der Waals surface area contributed by atoms with E-state index in [0.29, 0.717) is 12.0 Å². The molecule has 0 aliphatic heterocycles. The second kappa shape index (κ2) is 6.51. The predicted molar refractivity (Wildman–Crippen MR) is 73.7 cm³/mol. The summed E-state index contributed by atoms with van der Waals surface area (Å²) in [4.78, 5) is 11.3. The first kappa shape index (κ1) is 15.9. The number of benzene rings is 2. The molecular formula is C16H13F3O3. The number of methoxy groups -OCH3 is 1. The van der Waals surface area contributed by atoms with Gasteiger partial charge in [-0.25, -0.2) is 4.79 Å². The first-order chi connectivity index (χ1) is 10.4. The second-order valence-corrected chi connectivity index (χ2v) is 4.56. The van der Waals surface area contributed by atoms with Crippen LogP contribution >= 0.6 is 0 Å². The maximum absolute atomic E-state index is 12.1. The zero-order valence-electron chi connectivity index (χ0n) is 11.7. The van der Waals surface area contributed by atoms with Crippen molar-refractivity contribution in [1.82, 2.24) is 0 Å². The van der Waals surface area contributed by atoms with Crippen molar-refractivity contribution in [2.45, 2.75) is 12.8 Å². The Balaban J connectivity index is 2.03. The summed E-state index contributed by atoms with van der Waals surface area (Å²) in [5, 5.41) is 0. The molecule has 3 nitrogen and oxygen atoms in total. The Morgan fingerprint density at radius 2 is 1.45 bits per heavy atom. The van der Waals surface area contributed by atoms with Gasteiger partial charge in [0.15, 0.2) is 0 Å². The molecule has 0 spiro atoms. The smallest absolute Gasteiger partial charge is 0.465 e. The second-order valence-electron chi connectivity index (χ2n) is 4.56. The molecule has 6 heteroatoms. The van der Waals surface area contributed by atoms with Crippen LogP contribution in [0.1, 0.15) is 21.5 Å². The number of alkyl halides is 3. The third-order valence-electron chi connectivity index (χ3n) is 2.94. The molecule has 0 aliphatic rings. The lowest BCUT2D eigenvalue weighted by molar-refractivity contribution is -0.274. The minimum absolute atomic E-state index is 0.253. The van der Waals surface area contributed by atoms with Crippen molar-refractivity contribution in [2.24, 2.45) is 0 Å². The molecule has 0 amide bonds. The van der Waals surface area contributed by atoms with Gasteiger partial charge in [0.05, 0.1) is 12.7 Å². The summed E-state index contributed by atoms with van der Waals surface area (Å²) in [7, 11) is 1.31. The molecule has 0 saturated heterocycles. The molecule has 0 atom stereocenters. The number of esters is 1. The van der Waals surface area contributed by atoms with E-state index in [2.05, 4.69) is 9.47 Å². The lowest BCUT2D eigenvalue weighted by Crippen LogP contribution is -2.17. The van der Waals surface area contributed by atoms with E-state index in [9.17, 15) is 18.0 Å². The normalized spacial score (nSPS) is 11.1. The van der Waals surface area contributed by atoms with Gasteiger partial charge in [-0.1, -0.05) is 24.3 Å². The Morgan fingerprint density at radius 1 is 0.955 bits per heavy atom. The topological polar surface area (TPSA) is 35.5 Å². The molecule has 116 valence electrons. The van der Waals surface area contributed by atoms with Crippen molar-refractivity contribution < 1.29 is 27.4 Å². The zero-order chi connectivity index (χ0) is 16.2. The molecule has 0 radical (unpaired) electrons. The van der Waals surface area contributed by atoms with Gasteiger partial charge >= 0.3 is 12.3 Å². The number of rotatable bonds is 4. The summed E-state index contributed by atoms with van der Waals surface area (Å²) in [6.07, 6.45) is -4.15. The molecule has 0 saturated carbocycles. The van der Waals surface area contributed by atoms with Crippen LogP contribution in [0.25, 0.3) is 0 Å². The van der Waals surface area contributed by atoms with Gasteiger partial charge in [-0.2, -0.15) is 0 Å². The van der Waals surface area contributed by atoms with Crippen LogP contribution in [0.4, 0.5) is 13.2 Å². The van der Waals surface area contributed by atoms with E-state index >= 15 is 0 Å². The highest BCUT2D eigenvalue weighted by Crippen LogP contribution is 2.23. The van der Waals surface area contributed by atoms with Crippen LogP contribution in [0.5, 0.6) is 5.75 Å². The highest BCUT2D eigenvalue weighted by Gasteiger charge is 2.30. The molecule has 0 unspecified atom stereocenters. The quantitative estimate of drug-likeness (QED) is 0.802. The van der Waals surface area contributed by atoms with Gasteiger partial charge < -0.3 is 9.47 Å². The first-order valence-electron chi connectivity index (χ1n) is 6.39. The lowest BCUT2D eigenvalue weighted by Gasteiger charge is -2.09. The third-order valence-corrected chi connectivity index (χ3v) is 2.94. The number of carbonyl (C=O) groups is 1. The van der Waals surface area contributed by atoms with E-state index in [1.54, 1.807) is 36.4 Å². The van der Waals surface area contributed by atoms with Crippen molar-refractivity contribution in [1.29, 1.82) is 0 Å². The maximum Gasteiger partial charge on any atom is 0.573 e. The van der Waals surface area contributed by atoms with Crippen LogP contribution in [-0.2, 0) is 11.2 Å². The molecule has 0 heterocycles. The molecule has 2 rings (SSSR count). The Kier molecular flexibility index (Phi) is 4.70. The maximum atomic E-state index is 12.1. The number of hydrogen-bond acceptors (Lipinski definition) is 3. The summed E-state index contributed by atoms with van der Waals surface area (Å²) in [6.45, 7) is 0. The summed E-state index contributed by atoms with van der Waals surface area (Å²) < 4.78 is 44.6. The van der Waals surface area contributed by atoms with Crippen molar-refractivity contribution >= 4 is 5.97 Å². The van der Waals surface area contributed by atoms with Crippen LogP contribution in [-0.4, -0.2) is 19.4 Å². The van der Waals surface area contributed by atoms with Crippen molar-refractivity contribution in [3.05, 3.63) is 65.2 Å². The minimum atomic E-state index is -4.69. The zero-order valence-corrected chi connectivity index (χ0v) is 11.7. The fraction of sp³-hybridized carbons (Fsp3) is 0.188. The Bertz CT molecular complexity index is 631. The number of carbonyl (C=O) groups excluding carboxylic acids is 1. The highest BCUT2D eigenvalue weighted by atomic mass is 19.4. The van der Waals surface area contributed by atoms with Crippen LogP contribution in [0, 0.1) is 0 Å². The van der Waals surface area contributed by atoms with Gasteiger partial charge in [0.1, 0.15) is 5.75 Å². The van der Waals surface area contributed by atoms with E-state index in [1.807, 2.05) is 0 Å². The number of hydrogen-bond donors (Lipinski definition) is 0.